The summed E-state index contributed by atoms with van der Waals surface area (Å²) in [4.78, 5) is 11.5. The molecule has 100 valence electrons. The molecule has 0 aromatic heterocycles. The number of carbonyl (C=O) groups excluding carboxylic acids is 1. The Labute approximate surface area is 109 Å². The second-order valence-electron chi connectivity index (χ2n) is 3.61. The molecule has 0 radical (unpaired) electrons. The van der Waals surface area contributed by atoms with E-state index in [1.54, 1.807) is 0 Å². The average Bonchev–Trinajstić information content (AvgIpc) is 2.26. The number of halogens is 2. The Kier molecular flexibility index (Phi) is 5.06. The molecule has 0 spiro atoms. The maximum absolute atomic E-state index is 13.1. The van der Waals surface area contributed by atoms with Gasteiger partial charge in [-0.25, -0.2) is 17.9 Å². The molecule has 1 rings (SSSR count). The molecule has 3 N–H and O–H groups in total. The minimum atomic E-state index is -3.53. The Hall–Kier alpha value is -1.18. The van der Waals surface area contributed by atoms with Gasteiger partial charge in [0.25, 0.3) is 5.91 Å². The van der Waals surface area contributed by atoms with Gasteiger partial charge < -0.3 is 5.32 Å². The van der Waals surface area contributed by atoms with Crippen LogP contribution in [0.4, 0.5) is 4.39 Å². The van der Waals surface area contributed by atoms with Crippen molar-refractivity contribution in [2.45, 2.75) is 6.42 Å². The van der Waals surface area contributed by atoms with Crippen molar-refractivity contribution < 1.29 is 17.6 Å². The van der Waals surface area contributed by atoms with E-state index in [2.05, 4.69) is 5.32 Å². The number of nitrogens with two attached hydrogens (primary N) is 1. The van der Waals surface area contributed by atoms with Crippen LogP contribution in [0.2, 0.25) is 5.02 Å². The lowest BCUT2D eigenvalue weighted by molar-refractivity contribution is 0.0953. The zero-order valence-electron chi connectivity index (χ0n) is 9.32. The summed E-state index contributed by atoms with van der Waals surface area (Å²) in [6.07, 6.45) is 0.195. The first-order chi connectivity index (χ1) is 8.29. The molecule has 1 amide bonds. The molecule has 0 aliphatic rings. The standard InChI is InChI=1S/C10H12ClFN2O3S/c11-8-3-2-7(6-9(8)12)10(15)14-4-1-5-18(13,16)17/h2-3,6H,1,4-5H2,(H,14,15)(H2,13,16,17). The zero-order valence-corrected chi connectivity index (χ0v) is 10.9. The fourth-order valence-electron chi connectivity index (χ4n) is 1.21. The van der Waals surface area contributed by atoms with E-state index in [-0.39, 0.29) is 29.3 Å². The Morgan fingerprint density at radius 3 is 2.67 bits per heavy atom. The molecular formula is C10H12ClFN2O3S. The maximum atomic E-state index is 13.1. The van der Waals surface area contributed by atoms with Gasteiger partial charge in [0.15, 0.2) is 0 Å². The summed E-state index contributed by atoms with van der Waals surface area (Å²) < 4.78 is 34.3. The molecule has 0 fully saturated rings. The molecule has 8 heteroatoms. The number of benzene rings is 1. The number of rotatable bonds is 5. The van der Waals surface area contributed by atoms with E-state index in [1.165, 1.54) is 12.1 Å². The predicted molar refractivity (Wildman–Crippen MR) is 66.3 cm³/mol. The van der Waals surface area contributed by atoms with E-state index in [4.69, 9.17) is 16.7 Å². The third-order valence-electron chi connectivity index (χ3n) is 2.07. The van der Waals surface area contributed by atoms with E-state index in [1.807, 2.05) is 0 Å². The van der Waals surface area contributed by atoms with Gasteiger partial charge in [0, 0.05) is 12.1 Å². The van der Waals surface area contributed by atoms with E-state index in [0.29, 0.717) is 0 Å². The minimum Gasteiger partial charge on any atom is -0.352 e. The van der Waals surface area contributed by atoms with Gasteiger partial charge in [-0.15, -0.1) is 0 Å². The molecule has 0 atom stereocenters. The van der Waals surface area contributed by atoms with Crippen LogP contribution in [-0.4, -0.2) is 26.6 Å². The molecule has 18 heavy (non-hydrogen) atoms. The van der Waals surface area contributed by atoms with E-state index < -0.39 is 21.7 Å². The summed E-state index contributed by atoms with van der Waals surface area (Å²) >= 11 is 5.48. The lowest BCUT2D eigenvalue weighted by Crippen LogP contribution is -2.27. The van der Waals surface area contributed by atoms with Crippen LogP contribution in [0, 0.1) is 5.82 Å². The quantitative estimate of drug-likeness (QED) is 0.790. The second-order valence-corrected chi connectivity index (χ2v) is 5.75. The van der Waals surface area contributed by atoms with E-state index in [9.17, 15) is 17.6 Å². The summed E-state index contributed by atoms with van der Waals surface area (Å²) in [6.45, 7) is 0.138. The molecule has 1 aromatic rings. The minimum absolute atomic E-state index is 0.0687. The molecule has 0 aliphatic carbocycles. The number of primary sulfonamides is 1. The fraction of sp³-hybridized carbons (Fsp3) is 0.300. The number of sulfonamides is 1. The van der Waals surface area contributed by atoms with Crippen molar-refractivity contribution in [1.29, 1.82) is 0 Å². The highest BCUT2D eigenvalue weighted by atomic mass is 35.5. The average molecular weight is 295 g/mol. The van der Waals surface area contributed by atoms with E-state index >= 15 is 0 Å². The highest BCUT2D eigenvalue weighted by Gasteiger charge is 2.09. The maximum Gasteiger partial charge on any atom is 0.251 e. The first-order valence-corrected chi connectivity index (χ1v) is 7.12. The van der Waals surface area contributed by atoms with Crippen molar-refractivity contribution >= 4 is 27.5 Å². The number of hydrogen-bond acceptors (Lipinski definition) is 3. The lowest BCUT2D eigenvalue weighted by Gasteiger charge is -2.05. The first-order valence-electron chi connectivity index (χ1n) is 5.03. The van der Waals surface area contributed by atoms with Crippen LogP contribution in [0.3, 0.4) is 0 Å². The highest BCUT2D eigenvalue weighted by molar-refractivity contribution is 7.89. The van der Waals surface area contributed by atoms with Crippen molar-refractivity contribution in [2.24, 2.45) is 5.14 Å². The topological polar surface area (TPSA) is 89.3 Å². The third-order valence-corrected chi connectivity index (χ3v) is 3.24. The second kappa shape index (κ2) is 6.12. The summed E-state index contributed by atoms with van der Waals surface area (Å²) in [5, 5.41) is 7.18. The van der Waals surface area contributed by atoms with Crippen molar-refractivity contribution in [3.05, 3.63) is 34.6 Å². The monoisotopic (exact) mass is 294 g/mol. The Balaban J connectivity index is 2.48. The number of amides is 1. The van der Waals surface area contributed by atoms with Gasteiger partial charge in [-0.05, 0) is 24.6 Å². The molecule has 0 aliphatic heterocycles. The van der Waals surface area contributed by atoms with Crippen LogP contribution < -0.4 is 10.5 Å². The van der Waals surface area contributed by atoms with E-state index in [0.717, 1.165) is 6.07 Å². The Bertz CT molecular complexity index is 548. The molecule has 5 nitrogen and oxygen atoms in total. The van der Waals surface area contributed by atoms with Gasteiger partial charge in [-0.3, -0.25) is 4.79 Å². The van der Waals surface area contributed by atoms with Gasteiger partial charge in [0.05, 0.1) is 10.8 Å². The largest absolute Gasteiger partial charge is 0.352 e. The molecule has 0 heterocycles. The number of carbonyl (C=O) groups is 1. The van der Waals surface area contributed by atoms with Crippen LogP contribution in [0.5, 0.6) is 0 Å². The molecule has 0 saturated carbocycles. The van der Waals surface area contributed by atoms with Gasteiger partial charge in [0.1, 0.15) is 5.82 Å². The predicted octanol–water partition coefficient (Wildman–Crippen LogP) is 0.888. The Morgan fingerprint density at radius 2 is 2.11 bits per heavy atom. The van der Waals surface area contributed by atoms with Gasteiger partial charge in [-0.2, -0.15) is 0 Å². The number of nitrogens with one attached hydrogen (secondary N) is 1. The van der Waals surface area contributed by atoms with Gasteiger partial charge >= 0.3 is 0 Å². The third kappa shape index (κ3) is 4.99. The molecular weight excluding hydrogens is 283 g/mol. The molecule has 0 unspecified atom stereocenters. The lowest BCUT2D eigenvalue weighted by atomic mass is 10.2. The summed E-state index contributed by atoms with van der Waals surface area (Å²) in [7, 11) is -3.53. The SMILES string of the molecule is NS(=O)(=O)CCCNC(=O)c1ccc(Cl)c(F)c1. The number of hydrogen-bond donors (Lipinski definition) is 2. The molecule has 1 aromatic carbocycles. The summed E-state index contributed by atoms with van der Waals surface area (Å²) in [6, 6.07) is 3.66. The van der Waals surface area contributed by atoms with Crippen LogP contribution in [0.15, 0.2) is 18.2 Å². The van der Waals surface area contributed by atoms with Crippen LogP contribution >= 0.6 is 11.6 Å². The van der Waals surface area contributed by atoms with Crippen molar-refractivity contribution in [3.8, 4) is 0 Å². The Morgan fingerprint density at radius 1 is 1.44 bits per heavy atom. The highest BCUT2D eigenvalue weighted by Crippen LogP contribution is 2.15. The summed E-state index contributed by atoms with van der Waals surface area (Å²) in [5.41, 5.74) is 0.118. The normalized spacial score (nSPS) is 11.3. The van der Waals surface area contributed by atoms with Gasteiger partial charge in [-0.1, -0.05) is 11.6 Å². The summed E-state index contributed by atoms with van der Waals surface area (Å²) in [5.74, 6) is -1.41. The zero-order chi connectivity index (χ0) is 13.8. The van der Waals surface area contributed by atoms with Crippen LogP contribution in [-0.2, 0) is 10.0 Å². The van der Waals surface area contributed by atoms with Crippen molar-refractivity contribution in [2.75, 3.05) is 12.3 Å². The first kappa shape index (κ1) is 14.9. The molecule has 0 saturated heterocycles. The van der Waals surface area contributed by atoms with Crippen molar-refractivity contribution in [3.63, 3.8) is 0 Å². The van der Waals surface area contributed by atoms with Crippen molar-refractivity contribution in [1.82, 2.24) is 5.32 Å². The van der Waals surface area contributed by atoms with Gasteiger partial charge in [0.2, 0.25) is 10.0 Å². The smallest absolute Gasteiger partial charge is 0.251 e. The van der Waals surface area contributed by atoms with Crippen LogP contribution in [0.25, 0.3) is 0 Å². The fourth-order valence-corrected chi connectivity index (χ4v) is 1.88. The molecule has 0 bridgehead atoms. The van der Waals surface area contributed by atoms with Crippen LogP contribution in [0.1, 0.15) is 16.8 Å².